The zero-order valence-corrected chi connectivity index (χ0v) is 31.2. The van der Waals surface area contributed by atoms with E-state index in [-0.39, 0.29) is 48.1 Å². The van der Waals surface area contributed by atoms with Gasteiger partial charge < -0.3 is 14.0 Å². The van der Waals surface area contributed by atoms with Crippen LogP contribution in [0.3, 0.4) is 0 Å². The molecule has 258 valence electrons. The Morgan fingerprint density at radius 3 is 1.73 bits per heavy atom. The number of rotatable bonds is 15. The predicted molar refractivity (Wildman–Crippen MR) is 192 cm³/mol. The van der Waals surface area contributed by atoms with Crippen LogP contribution in [-0.4, -0.2) is 46.4 Å². The summed E-state index contributed by atoms with van der Waals surface area (Å²) in [6.45, 7) is 15.6. The topological polar surface area (TPSA) is 99.2 Å². The van der Waals surface area contributed by atoms with Crippen molar-refractivity contribution in [2.75, 3.05) is 13.2 Å². The van der Waals surface area contributed by atoms with Gasteiger partial charge in [0.1, 0.15) is 5.70 Å². The summed E-state index contributed by atoms with van der Waals surface area (Å²) in [6.07, 6.45) is 0.424. The Kier molecular flexibility index (Phi) is 13.6. The van der Waals surface area contributed by atoms with Crippen LogP contribution in [0, 0.1) is 12.8 Å². The maximum atomic E-state index is 14.6. The summed E-state index contributed by atoms with van der Waals surface area (Å²) in [5.41, 5.74) is 6.97. The summed E-state index contributed by atoms with van der Waals surface area (Å²) in [4.78, 5) is 25.7. The van der Waals surface area contributed by atoms with Crippen molar-refractivity contribution in [2.24, 2.45) is 5.92 Å². The Balaban J connectivity index is 2.33. The monoisotopic (exact) mass is 691 g/mol. The first kappa shape index (κ1) is 38.5. The van der Waals surface area contributed by atoms with Crippen LogP contribution in [0.5, 0.6) is 0 Å². The quantitative estimate of drug-likeness (QED) is 0.0519. The van der Waals surface area contributed by atoms with Crippen molar-refractivity contribution in [3.63, 3.8) is 0 Å². The molecule has 3 aromatic rings. The summed E-state index contributed by atoms with van der Waals surface area (Å²) in [5.74, 6) is -2.50. The third-order valence-corrected chi connectivity index (χ3v) is 14.3. The molecule has 0 atom stereocenters. The average molecular weight is 692 g/mol. The molecule has 0 aliphatic heterocycles. The van der Waals surface area contributed by atoms with E-state index >= 15 is 0 Å². The molecule has 0 saturated carbocycles. The van der Waals surface area contributed by atoms with E-state index in [2.05, 4.69) is 5.73 Å². The van der Waals surface area contributed by atoms with Gasteiger partial charge in [0.05, 0.1) is 18.1 Å². The molecule has 8 nitrogen and oxygen atoms in total. The largest absolute Gasteiger partial charge is 0.465 e. The van der Waals surface area contributed by atoms with Crippen LogP contribution in [0.15, 0.2) is 101 Å². The van der Waals surface area contributed by atoms with Crippen LogP contribution in [0.25, 0.3) is 5.57 Å². The van der Waals surface area contributed by atoms with E-state index in [1.54, 1.807) is 38.1 Å². The van der Waals surface area contributed by atoms with Gasteiger partial charge in [0.15, 0.2) is 5.92 Å². The second-order valence-electron chi connectivity index (χ2n) is 13.0. The molecule has 0 radical (unpaired) electrons. The van der Waals surface area contributed by atoms with Crippen LogP contribution in [0.2, 0.25) is 18.1 Å². The maximum absolute atomic E-state index is 14.6. The zero-order valence-electron chi connectivity index (χ0n) is 29.4. The number of allylic oxidation sites excluding steroid dienone is 1. The molecule has 3 rings (SSSR count). The highest BCUT2D eigenvalue weighted by Gasteiger charge is 2.43. The lowest BCUT2D eigenvalue weighted by atomic mass is 9.97. The van der Waals surface area contributed by atoms with E-state index in [4.69, 9.17) is 14.0 Å². The van der Waals surface area contributed by atoms with Crippen LogP contribution < -0.4 is 0 Å². The number of esters is 2. The number of benzene rings is 3. The molecular weight excluding hydrogens is 643 g/mol. The van der Waals surface area contributed by atoms with Crippen molar-refractivity contribution in [3.8, 4) is 0 Å². The normalized spacial score (nSPS) is 11.9. The lowest BCUT2D eigenvalue weighted by Gasteiger charge is -2.40. The molecular formula is C38H49NO7SSi. The predicted octanol–water partition coefficient (Wildman–Crippen LogP) is 8.45. The third-order valence-electron chi connectivity index (χ3n) is 8.32. The van der Waals surface area contributed by atoms with Gasteiger partial charge in [-0.25, -0.2) is 0 Å². The van der Waals surface area contributed by atoms with E-state index in [0.717, 1.165) is 21.2 Å². The van der Waals surface area contributed by atoms with Crippen LogP contribution >= 0.6 is 0 Å². The minimum atomic E-state index is -4.27. The van der Waals surface area contributed by atoms with Gasteiger partial charge in [0.2, 0.25) is 8.32 Å². The SMILES string of the molecule is CCOC(=O)C(CCCC(=C=C(c1ccccc1)c1ccccc1)N(O[Si](C)(C)C(C)(C)C)S(=O)(=O)c1ccc(C)cc1)C(=O)OCC. The first-order chi connectivity index (χ1) is 22.6. The molecule has 0 bridgehead atoms. The second kappa shape index (κ2) is 16.9. The molecule has 3 aromatic carbocycles. The Bertz CT molecular complexity index is 1630. The second-order valence-corrected chi connectivity index (χ2v) is 19.5. The maximum Gasteiger partial charge on any atom is 0.320 e. The van der Waals surface area contributed by atoms with E-state index in [0.29, 0.717) is 5.57 Å². The first-order valence-electron chi connectivity index (χ1n) is 16.4. The number of hydrogen-bond donors (Lipinski definition) is 0. The lowest BCUT2D eigenvalue weighted by molar-refractivity contribution is -0.162. The van der Waals surface area contributed by atoms with Gasteiger partial charge in [-0.3, -0.25) is 9.59 Å². The van der Waals surface area contributed by atoms with Crippen molar-refractivity contribution in [1.29, 1.82) is 0 Å². The van der Waals surface area contributed by atoms with Crippen molar-refractivity contribution >= 4 is 35.9 Å². The minimum absolute atomic E-state index is 0.0722. The van der Waals surface area contributed by atoms with Gasteiger partial charge in [-0.1, -0.05) is 105 Å². The molecule has 0 aromatic heterocycles. The number of ether oxygens (including phenoxy) is 2. The molecule has 0 saturated heterocycles. The van der Waals surface area contributed by atoms with E-state index in [9.17, 15) is 18.0 Å². The fourth-order valence-corrected chi connectivity index (χ4v) is 7.40. The van der Waals surface area contributed by atoms with Crippen molar-refractivity contribution in [1.82, 2.24) is 4.47 Å². The van der Waals surface area contributed by atoms with E-state index in [1.807, 2.05) is 101 Å². The Morgan fingerprint density at radius 2 is 1.29 bits per heavy atom. The van der Waals surface area contributed by atoms with E-state index in [1.165, 1.54) is 0 Å². The van der Waals surface area contributed by atoms with Gasteiger partial charge in [-0.2, -0.15) is 8.42 Å². The summed E-state index contributed by atoms with van der Waals surface area (Å²) < 4.78 is 47.4. The van der Waals surface area contributed by atoms with Crippen LogP contribution in [0.4, 0.5) is 0 Å². The van der Waals surface area contributed by atoms with Gasteiger partial charge in [0.25, 0.3) is 10.0 Å². The van der Waals surface area contributed by atoms with Gasteiger partial charge >= 0.3 is 11.9 Å². The minimum Gasteiger partial charge on any atom is -0.465 e. The highest BCUT2D eigenvalue weighted by Crippen LogP contribution is 2.40. The number of hydrogen-bond acceptors (Lipinski definition) is 7. The van der Waals surface area contributed by atoms with Crippen molar-refractivity contribution < 1.29 is 32.0 Å². The Labute approximate surface area is 287 Å². The molecule has 0 aliphatic rings. The number of hydroxylamine groups is 1. The molecule has 0 spiro atoms. The smallest absolute Gasteiger partial charge is 0.320 e. The van der Waals surface area contributed by atoms with Crippen molar-refractivity contribution in [2.45, 2.75) is 83.8 Å². The van der Waals surface area contributed by atoms with Crippen molar-refractivity contribution in [3.05, 3.63) is 113 Å². The van der Waals surface area contributed by atoms with Crippen LogP contribution in [0.1, 0.15) is 70.6 Å². The molecule has 0 fully saturated rings. The summed E-state index contributed by atoms with van der Waals surface area (Å²) >= 11 is 0. The molecule has 0 amide bonds. The molecule has 0 N–H and O–H groups in total. The van der Waals surface area contributed by atoms with Gasteiger partial charge in [-0.05, 0) is 81.4 Å². The van der Waals surface area contributed by atoms with Gasteiger partial charge in [0, 0.05) is 5.57 Å². The number of aryl methyl sites for hydroxylation is 1. The number of carbonyl (C=O) groups is 2. The zero-order chi connectivity index (χ0) is 35.5. The van der Waals surface area contributed by atoms with E-state index < -0.39 is 36.2 Å². The Morgan fingerprint density at radius 1 is 0.812 bits per heavy atom. The highest BCUT2D eigenvalue weighted by atomic mass is 32.2. The first-order valence-corrected chi connectivity index (χ1v) is 20.7. The summed E-state index contributed by atoms with van der Waals surface area (Å²) in [5, 5.41) is -0.344. The fourth-order valence-electron chi connectivity index (χ4n) is 4.56. The number of sulfonamides is 1. The summed E-state index contributed by atoms with van der Waals surface area (Å²) in [7, 11) is -7.06. The molecule has 48 heavy (non-hydrogen) atoms. The Hall–Kier alpha value is -3.95. The molecule has 0 aliphatic carbocycles. The average Bonchev–Trinajstić information content (AvgIpc) is 3.04. The molecule has 10 heteroatoms. The molecule has 0 heterocycles. The molecule has 0 unspecified atom stereocenters. The third kappa shape index (κ3) is 10.0. The van der Waals surface area contributed by atoms with Crippen LogP contribution in [-0.2, 0) is 33.6 Å². The summed E-state index contributed by atoms with van der Waals surface area (Å²) in [6, 6.07) is 25.9. The number of carbonyl (C=O) groups excluding carboxylic acids is 2. The lowest BCUT2D eigenvalue weighted by Crippen LogP contribution is -2.48. The van der Waals surface area contributed by atoms with Gasteiger partial charge in [-0.15, -0.1) is 4.47 Å². The fraction of sp³-hybridized carbons (Fsp3) is 0.395. The standard InChI is InChI=1S/C38H49NO7SSi/c1-9-44-36(40)34(37(41)45-10-2)23-17-22-32(28-35(30-18-13-11-14-19-30)31-20-15-12-16-21-31)39(46-48(7,8)38(4,5)6)47(42,43)33-26-24-29(3)25-27-33/h11-16,18-21,24-27,34H,9-10,17,22-23H2,1-8H3. The number of nitrogens with zero attached hydrogens (tertiary/aromatic N) is 1. The highest BCUT2D eigenvalue weighted by molar-refractivity contribution is 7.89.